The summed E-state index contributed by atoms with van der Waals surface area (Å²) in [6.45, 7) is 0. The van der Waals surface area contributed by atoms with E-state index in [1.54, 1.807) is 12.4 Å². The standard InChI is InChI=1S/C12H10BrNO.BrH/c13-8-10-3-5-11(6-4-10)15-12-2-1-7-14-9-12;/h1-7,9H,8H2;1H. The van der Waals surface area contributed by atoms with E-state index in [4.69, 9.17) is 4.74 Å². The highest BCUT2D eigenvalue weighted by molar-refractivity contribution is 9.08. The summed E-state index contributed by atoms with van der Waals surface area (Å²) in [4.78, 5) is 3.98. The highest BCUT2D eigenvalue weighted by Crippen LogP contribution is 2.20. The molecule has 0 amide bonds. The zero-order valence-corrected chi connectivity index (χ0v) is 11.8. The fraction of sp³-hybridized carbons (Fsp3) is 0.0833. The lowest BCUT2D eigenvalue weighted by molar-refractivity contribution is 0.480. The summed E-state index contributed by atoms with van der Waals surface area (Å²) >= 11 is 3.40. The van der Waals surface area contributed by atoms with Crippen LogP contribution in [0.25, 0.3) is 0 Å². The third-order valence-electron chi connectivity index (χ3n) is 1.95. The molecule has 2 aromatic rings. The Morgan fingerprint density at radius 2 is 1.81 bits per heavy atom. The van der Waals surface area contributed by atoms with Crippen LogP contribution in [-0.4, -0.2) is 4.98 Å². The van der Waals surface area contributed by atoms with Gasteiger partial charge in [-0.05, 0) is 29.8 Å². The van der Waals surface area contributed by atoms with E-state index in [-0.39, 0.29) is 17.0 Å². The number of ether oxygens (including phenoxy) is 1. The van der Waals surface area contributed by atoms with Gasteiger partial charge in [-0.2, -0.15) is 0 Å². The third-order valence-corrected chi connectivity index (χ3v) is 2.60. The lowest BCUT2D eigenvalue weighted by Gasteiger charge is -2.04. The van der Waals surface area contributed by atoms with Gasteiger partial charge in [-0.1, -0.05) is 28.1 Å². The topological polar surface area (TPSA) is 22.1 Å². The molecule has 1 aromatic carbocycles. The van der Waals surface area contributed by atoms with Crippen molar-refractivity contribution in [1.29, 1.82) is 0 Å². The molecular weight excluding hydrogens is 334 g/mol. The van der Waals surface area contributed by atoms with Gasteiger partial charge in [0.25, 0.3) is 0 Å². The van der Waals surface area contributed by atoms with Crippen LogP contribution >= 0.6 is 32.9 Å². The lowest BCUT2D eigenvalue weighted by Crippen LogP contribution is -1.85. The zero-order valence-electron chi connectivity index (χ0n) is 8.47. The van der Waals surface area contributed by atoms with Crippen molar-refractivity contribution in [3.63, 3.8) is 0 Å². The lowest BCUT2D eigenvalue weighted by atomic mass is 10.2. The molecule has 0 saturated heterocycles. The van der Waals surface area contributed by atoms with E-state index in [0.29, 0.717) is 0 Å². The summed E-state index contributed by atoms with van der Waals surface area (Å²) in [5, 5.41) is 0.861. The van der Waals surface area contributed by atoms with Crippen molar-refractivity contribution in [3.8, 4) is 11.5 Å². The second-order valence-corrected chi connectivity index (χ2v) is 3.63. The van der Waals surface area contributed by atoms with Gasteiger partial charge in [-0.15, -0.1) is 17.0 Å². The number of benzene rings is 1. The maximum absolute atomic E-state index is 5.60. The molecule has 0 N–H and O–H groups in total. The van der Waals surface area contributed by atoms with Gasteiger partial charge in [0.05, 0.1) is 6.20 Å². The Bertz CT molecular complexity index is 417. The van der Waals surface area contributed by atoms with E-state index in [1.165, 1.54) is 5.56 Å². The maximum Gasteiger partial charge on any atom is 0.145 e. The minimum atomic E-state index is 0. The molecule has 0 atom stereocenters. The zero-order chi connectivity index (χ0) is 10.5. The van der Waals surface area contributed by atoms with Crippen LogP contribution in [0.5, 0.6) is 11.5 Å². The van der Waals surface area contributed by atoms with Crippen molar-refractivity contribution in [3.05, 3.63) is 54.4 Å². The van der Waals surface area contributed by atoms with Crippen molar-refractivity contribution in [2.45, 2.75) is 5.33 Å². The van der Waals surface area contributed by atoms with Crippen molar-refractivity contribution < 1.29 is 4.74 Å². The molecule has 0 spiro atoms. The van der Waals surface area contributed by atoms with Gasteiger partial charge in [-0.25, -0.2) is 0 Å². The van der Waals surface area contributed by atoms with Gasteiger partial charge >= 0.3 is 0 Å². The number of hydrogen-bond donors (Lipinski definition) is 0. The predicted molar refractivity (Wildman–Crippen MR) is 73.7 cm³/mol. The van der Waals surface area contributed by atoms with Crippen LogP contribution in [0.2, 0.25) is 0 Å². The summed E-state index contributed by atoms with van der Waals surface area (Å²) in [5.74, 6) is 1.58. The molecule has 0 saturated carbocycles. The van der Waals surface area contributed by atoms with E-state index in [0.717, 1.165) is 16.8 Å². The minimum absolute atomic E-state index is 0. The Labute approximate surface area is 114 Å². The molecule has 0 unspecified atom stereocenters. The number of alkyl halides is 1. The van der Waals surface area contributed by atoms with Crippen molar-refractivity contribution in [2.75, 3.05) is 0 Å². The highest BCUT2D eigenvalue weighted by Gasteiger charge is 1.96. The number of nitrogens with zero attached hydrogens (tertiary/aromatic N) is 1. The first-order chi connectivity index (χ1) is 7.38. The smallest absolute Gasteiger partial charge is 0.145 e. The molecule has 0 bridgehead atoms. The largest absolute Gasteiger partial charge is 0.456 e. The molecule has 1 heterocycles. The Kier molecular flexibility index (Phi) is 5.49. The minimum Gasteiger partial charge on any atom is -0.456 e. The molecule has 2 nitrogen and oxygen atoms in total. The Hall–Kier alpha value is -0.870. The molecule has 0 aliphatic heterocycles. The first-order valence-electron chi connectivity index (χ1n) is 4.61. The van der Waals surface area contributed by atoms with Crippen LogP contribution in [-0.2, 0) is 5.33 Å². The first kappa shape index (κ1) is 13.2. The molecular formula is C12H11Br2NO. The van der Waals surface area contributed by atoms with Gasteiger partial charge in [0.15, 0.2) is 0 Å². The second kappa shape index (κ2) is 6.66. The van der Waals surface area contributed by atoms with Crippen LogP contribution in [0.15, 0.2) is 48.8 Å². The van der Waals surface area contributed by atoms with Crippen molar-refractivity contribution in [2.24, 2.45) is 0 Å². The second-order valence-electron chi connectivity index (χ2n) is 3.07. The first-order valence-corrected chi connectivity index (χ1v) is 5.73. The Balaban J connectivity index is 0.00000128. The average molecular weight is 345 g/mol. The molecule has 2 rings (SSSR count). The van der Waals surface area contributed by atoms with Crippen molar-refractivity contribution in [1.82, 2.24) is 4.98 Å². The van der Waals surface area contributed by atoms with Gasteiger partial charge in [0.2, 0.25) is 0 Å². The number of hydrogen-bond acceptors (Lipinski definition) is 2. The van der Waals surface area contributed by atoms with Crippen LogP contribution in [0.4, 0.5) is 0 Å². The summed E-state index contributed by atoms with van der Waals surface area (Å²) in [6.07, 6.45) is 3.42. The Morgan fingerprint density at radius 3 is 2.38 bits per heavy atom. The van der Waals surface area contributed by atoms with E-state index >= 15 is 0 Å². The third kappa shape index (κ3) is 3.61. The maximum atomic E-state index is 5.60. The quantitative estimate of drug-likeness (QED) is 0.772. The SMILES string of the molecule is Br.BrCc1ccc(Oc2cccnc2)cc1. The number of pyridine rings is 1. The molecule has 0 radical (unpaired) electrons. The van der Waals surface area contributed by atoms with Gasteiger partial charge < -0.3 is 4.74 Å². The monoisotopic (exact) mass is 343 g/mol. The normalized spacial score (nSPS) is 9.31. The van der Waals surface area contributed by atoms with E-state index in [2.05, 4.69) is 20.9 Å². The summed E-state index contributed by atoms with van der Waals surface area (Å²) in [5.41, 5.74) is 1.23. The van der Waals surface area contributed by atoms with Crippen LogP contribution < -0.4 is 4.74 Å². The summed E-state index contributed by atoms with van der Waals surface area (Å²) in [6, 6.07) is 11.7. The Morgan fingerprint density at radius 1 is 1.06 bits per heavy atom. The average Bonchev–Trinajstić information content (AvgIpc) is 2.31. The molecule has 4 heteroatoms. The van der Waals surface area contributed by atoms with Gasteiger partial charge in [0.1, 0.15) is 11.5 Å². The van der Waals surface area contributed by atoms with Crippen LogP contribution in [0.3, 0.4) is 0 Å². The van der Waals surface area contributed by atoms with Gasteiger partial charge in [0, 0.05) is 11.5 Å². The summed E-state index contributed by atoms with van der Waals surface area (Å²) in [7, 11) is 0. The van der Waals surface area contributed by atoms with E-state index < -0.39 is 0 Å². The molecule has 84 valence electrons. The number of rotatable bonds is 3. The number of halogens is 2. The molecule has 1 aromatic heterocycles. The predicted octanol–water partition coefficient (Wildman–Crippen LogP) is 4.35. The van der Waals surface area contributed by atoms with E-state index in [1.807, 2.05) is 36.4 Å². The molecule has 0 aliphatic carbocycles. The fourth-order valence-electron chi connectivity index (χ4n) is 1.19. The fourth-order valence-corrected chi connectivity index (χ4v) is 1.56. The summed E-state index contributed by atoms with van der Waals surface area (Å²) < 4.78 is 5.60. The van der Waals surface area contributed by atoms with Crippen molar-refractivity contribution >= 4 is 32.9 Å². The molecule has 16 heavy (non-hydrogen) atoms. The molecule has 0 fully saturated rings. The molecule has 0 aliphatic rings. The van der Waals surface area contributed by atoms with E-state index in [9.17, 15) is 0 Å². The van der Waals surface area contributed by atoms with Crippen LogP contribution in [0, 0.1) is 0 Å². The van der Waals surface area contributed by atoms with Gasteiger partial charge in [-0.3, -0.25) is 4.98 Å². The number of aromatic nitrogens is 1. The van der Waals surface area contributed by atoms with Crippen LogP contribution in [0.1, 0.15) is 5.56 Å². The highest BCUT2D eigenvalue weighted by atomic mass is 79.9.